The maximum absolute atomic E-state index is 11.2. The molecule has 248 valence electrons. The normalized spacial score (nSPS) is 49.8. The van der Waals surface area contributed by atoms with Crippen LogP contribution in [-0.4, -0.2) is 149 Å². The van der Waals surface area contributed by atoms with Gasteiger partial charge in [-0.05, 0) is 31.7 Å². The zero-order valence-corrected chi connectivity index (χ0v) is 23.8. The van der Waals surface area contributed by atoms with Crippen LogP contribution in [0, 0.1) is 0 Å². The first-order chi connectivity index (χ1) is 20.4. The van der Waals surface area contributed by atoms with E-state index >= 15 is 0 Å². The first-order valence-electron chi connectivity index (χ1n) is 14.4. The molecule has 18 atom stereocenters. The highest BCUT2D eigenvalue weighted by molar-refractivity contribution is 5.01. The molecule has 3 saturated heterocycles. The Morgan fingerprint density at radius 3 is 2.12 bits per heavy atom. The summed E-state index contributed by atoms with van der Waals surface area (Å²) in [5.41, 5.74) is 39.3. The fraction of sp³-hybridized carbons (Fsp3) is 1.00. The van der Waals surface area contributed by atoms with E-state index in [9.17, 15) is 25.5 Å². The number of hydrogen-bond donors (Lipinski definition) is 10. The number of ether oxygens (including phenoxy) is 6. The maximum Gasteiger partial charge on any atom is 0.187 e. The third kappa shape index (κ3) is 7.40. The van der Waals surface area contributed by atoms with Gasteiger partial charge in [0.2, 0.25) is 0 Å². The van der Waals surface area contributed by atoms with Crippen LogP contribution in [0.3, 0.4) is 0 Å². The lowest BCUT2D eigenvalue weighted by atomic mass is 9.84. The molecule has 4 aliphatic rings. The molecule has 0 spiro atoms. The average molecular weight is 623 g/mol. The number of hydrogen-bond acceptors (Lipinski definition) is 17. The van der Waals surface area contributed by atoms with Gasteiger partial charge in [-0.25, -0.2) is 0 Å². The fourth-order valence-corrected chi connectivity index (χ4v) is 5.96. The minimum Gasteiger partial charge on any atom is -0.394 e. The van der Waals surface area contributed by atoms with Gasteiger partial charge in [0, 0.05) is 29.6 Å². The molecule has 4 rings (SSSR count). The van der Waals surface area contributed by atoms with Gasteiger partial charge in [-0.3, -0.25) is 0 Å². The summed E-state index contributed by atoms with van der Waals surface area (Å²) in [5, 5.41) is 56.5. The number of nitrogens with two attached hydrogens (primary N) is 5. The summed E-state index contributed by atoms with van der Waals surface area (Å²) in [5.74, 6) is 0. The van der Waals surface area contributed by atoms with Crippen molar-refractivity contribution in [3.8, 4) is 0 Å². The van der Waals surface area contributed by atoms with Crippen LogP contribution in [0.5, 0.6) is 0 Å². The topological polar surface area (TPSA) is 335 Å². The summed E-state index contributed by atoms with van der Waals surface area (Å²) in [6.07, 6.45) is -14.6. The Labute approximate surface area is 248 Å². The van der Waals surface area contributed by atoms with Crippen LogP contribution < -0.4 is 28.7 Å². The molecule has 1 aliphatic carbocycles. The van der Waals surface area contributed by atoms with Crippen molar-refractivity contribution in [2.45, 2.75) is 136 Å². The van der Waals surface area contributed by atoms with Crippen molar-refractivity contribution in [3.05, 3.63) is 10.4 Å². The quantitative estimate of drug-likeness (QED) is 0.0618. The van der Waals surface area contributed by atoms with Crippen LogP contribution in [-0.2, 0) is 28.4 Å². The van der Waals surface area contributed by atoms with E-state index < -0.39 is 111 Å². The minimum absolute atomic E-state index is 0.147. The Kier molecular flexibility index (Phi) is 11.9. The highest BCUT2D eigenvalue weighted by Crippen LogP contribution is 2.35. The Balaban J connectivity index is 1.51. The fourth-order valence-electron chi connectivity index (χ4n) is 5.96. The first-order valence-corrected chi connectivity index (χ1v) is 14.4. The lowest BCUT2D eigenvalue weighted by Crippen LogP contribution is -2.65. The van der Waals surface area contributed by atoms with Gasteiger partial charge >= 0.3 is 0 Å². The van der Waals surface area contributed by atoms with Crippen molar-refractivity contribution < 1.29 is 54.0 Å². The van der Waals surface area contributed by atoms with Crippen LogP contribution in [0.4, 0.5) is 0 Å². The molecule has 0 unspecified atom stereocenters. The second-order valence-electron chi connectivity index (χ2n) is 11.7. The largest absolute Gasteiger partial charge is 0.394 e. The van der Waals surface area contributed by atoms with E-state index in [0.717, 1.165) is 0 Å². The third-order valence-corrected chi connectivity index (χ3v) is 8.55. The van der Waals surface area contributed by atoms with E-state index in [-0.39, 0.29) is 19.0 Å². The molecule has 0 aromatic rings. The molecule has 3 heterocycles. The van der Waals surface area contributed by atoms with Crippen molar-refractivity contribution in [3.63, 3.8) is 0 Å². The van der Waals surface area contributed by atoms with Gasteiger partial charge in [0.05, 0.1) is 30.9 Å². The van der Waals surface area contributed by atoms with Gasteiger partial charge in [-0.15, -0.1) is 0 Å². The molecule has 3 aliphatic heterocycles. The lowest BCUT2D eigenvalue weighted by molar-refractivity contribution is -0.290. The number of rotatable bonds is 10. The zero-order chi connectivity index (χ0) is 31.6. The summed E-state index contributed by atoms with van der Waals surface area (Å²) >= 11 is 0. The summed E-state index contributed by atoms with van der Waals surface area (Å²) in [6.45, 7) is 1.00. The Morgan fingerprint density at radius 2 is 1.49 bits per heavy atom. The molecule has 0 bridgehead atoms. The van der Waals surface area contributed by atoms with Crippen molar-refractivity contribution in [1.29, 1.82) is 0 Å². The molecule has 4 fully saturated rings. The average Bonchev–Trinajstić information content (AvgIpc) is 3.27. The standard InChI is InChI=1S/C24H46N8O11/c1-7(26)11-3-2-10(31-32-30)22(38-11)41-19-9(28)4-8(27)15(34)21(19)43-24-18(37)20(13(6-33)40-24)42-23-14(29)17(36)16(35)12(5-25)39-23/h7-24,33-37H,2-6,25-29H2,1H3/t7-,8+,9-,10+,11-,12-,13+,14+,15-,16+,17+,18+,19+,20+,21+,22+,23+,24-/m0/s1. The third-order valence-electron chi connectivity index (χ3n) is 8.55. The molecular weight excluding hydrogens is 576 g/mol. The predicted octanol–water partition coefficient (Wildman–Crippen LogP) is -5.10. The second-order valence-corrected chi connectivity index (χ2v) is 11.7. The molecule has 0 radical (unpaired) electrons. The van der Waals surface area contributed by atoms with Gasteiger partial charge in [0.15, 0.2) is 18.9 Å². The molecule has 0 aromatic heterocycles. The summed E-state index contributed by atoms with van der Waals surface area (Å²) in [7, 11) is 0. The summed E-state index contributed by atoms with van der Waals surface area (Å²) in [4.78, 5) is 2.88. The van der Waals surface area contributed by atoms with Crippen LogP contribution in [0.1, 0.15) is 26.2 Å². The van der Waals surface area contributed by atoms with Crippen molar-refractivity contribution in [2.24, 2.45) is 33.8 Å². The van der Waals surface area contributed by atoms with Gasteiger partial charge in [0.25, 0.3) is 0 Å². The van der Waals surface area contributed by atoms with Gasteiger partial charge in [0.1, 0.15) is 48.8 Å². The first kappa shape index (κ1) is 34.5. The molecule has 19 heteroatoms. The number of azide groups is 1. The zero-order valence-electron chi connectivity index (χ0n) is 23.8. The van der Waals surface area contributed by atoms with Crippen molar-refractivity contribution in [1.82, 2.24) is 0 Å². The van der Waals surface area contributed by atoms with E-state index in [2.05, 4.69) is 10.0 Å². The number of aliphatic hydroxyl groups excluding tert-OH is 5. The molecule has 19 nitrogen and oxygen atoms in total. The Morgan fingerprint density at radius 1 is 0.837 bits per heavy atom. The lowest BCUT2D eigenvalue weighted by Gasteiger charge is -2.46. The monoisotopic (exact) mass is 622 g/mol. The Bertz CT molecular complexity index is 951. The van der Waals surface area contributed by atoms with E-state index in [4.69, 9.17) is 62.6 Å². The van der Waals surface area contributed by atoms with Gasteiger partial charge < -0.3 is 82.6 Å². The smallest absolute Gasteiger partial charge is 0.187 e. The van der Waals surface area contributed by atoms with E-state index in [1.54, 1.807) is 6.92 Å². The SMILES string of the molecule is C[C@H](N)[C@@H]1CC[C@@H](N=[N+]=[N-])[C@@H](O[C@H]2[C@H](O[C@@H]3O[C@H](CO)[C@@H](O[C@H]4O[C@@H](CN)[C@@H](O)[C@H](O)[C@H]4N)[C@H]3O)[C@@H](O)[C@H](N)C[C@@H]2N)O1. The van der Waals surface area contributed by atoms with Crippen LogP contribution in [0.2, 0.25) is 0 Å². The van der Waals surface area contributed by atoms with Crippen LogP contribution >= 0.6 is 0 Å². The van der Waals surface area contributed by atoms with Crippen LogP contribution in [0.25, 0.3) is 10.4 Å². The van der Waals surface area contributed by atoms with Gasteiger partial charge in [-0.2, -0.15) is 0 Å². The maximum atomic E-state index is 11.2. The molecule has 0 aromatic carbocycles. The summed E-state index contributed by atoms with van der Waals surface area (Å²) in [6, 6.07) is -3.88. The van der Waals surface area contributed by atoms with Crippen molar-refractivity contribution in [2.75, 3.05) is 13.2 Å². The number of aliphatic hydroxyl groups is 5. The number of nitrogens with zero attached hydrogens (tertiary/aromatic N) is 3. The molecule has 1 saturated carbocycles. The van der Waals surface area contributed by atoms with Crippen molar-refractivity contribution >= 4 is 0 Å². The van der Waals surface area contributed by atoms with Crippen LogP contribution in [0.15, 0.2) is 5.11 Å². The highest BCUT2D eigenvalue weighted by atomic mass is 16.8. The predicted molar refractivity (Wildman–Crippen MR) is 145 cm³/mol. The van der Waals surface area contributed by atoms with E-state index in [0.29, 0.717) is 12.8 Å². The Hall–Kier alpha value is -1.33. The van der Waals surface area contributed by atoms with E-state index in [1.807, 2.05) is 0 Å². The molecule has 15 N–H and O–H groups in total. The van der Waals surface area contributed by atoms with E-state index in [1.165, 1.54) is 0 Å². The molecular formula is C24H46N8O11. The molecule has 0 amide bonds. The van der Waals surface area contributed by atoms with Gasteiger partial charge in [-0.1, -0.05) is 5.11 Å². The molecule has 43 heavy (non-hydrogen) atoms. The summed E-state index contributed by atoms with van der Waals surface area (Å²) < 4.78 is 35.4. The highest BCUT2D eigenvalue weighted by Gasteiger charge is 2.53. The minimum atomic E-state index is -1.57. The second kappa shape index (κ2) is 14.8.